The minimum Gasteiger partial charge on any atom is -0.304 e. The van der Waals surface area contributed by atoms with Crippen LogP contribution in [0.25, 0.3) is 10.9 Å². The van der Waals surface area contributed by atoms with Gasteiger partial charge in [0.05, 0.1) is 24.8 Å². The Morgan fingerprint density at radius 3 is 2.59 bits per heavy atom. The van der Waals surface area contributed by atoms with E-state index in [4.69, 9.17) is 23.2 Å². The molecule has 2 nitrogen and oxygen atoms in total. The lowest BCUT2D eigenvalue weighted by molar-refractivity contribution is 0.397. The average molecular weight is 381 g/mol. The van der Waals surface area contributed by atoms with Crippen molar-refractivity contribution in [2.75, 3.05) is 14.1 Å². The van der Waals surface area contributed by atoms with E-state index in [0.717, 1.165) is 26.7 Å². The normalized spacial score (nSPS) is 11.4. The molecule has 0 aliphatic rings. The first-order valence-corrected chi connectivity index (χ1v) is 6.90. The van der Waals surface area contributed by atoms with Gasteiger partial charge in [-0.15, -0.1) is 0 Å². The molecule has 0 N–H and O–H groups in total. The molecule has 5 heteroatoms. The van der Waals surface area contributed by atoms with Crippen molar-refractivity contribution in [3.05, 3.63) is 37.5 Å². The molecule has 0 spiro atoms. The van der Waals surface area contributed by atoms with Crippen molar-refractivity contribution in [1.29, 1.82) is 0 Å². The molecule has 1 aromatic heterocycles. The second-order valence-corrected chi connectivity index (χ2v) is 5.98. The molecular formula is C12H11Cl2IN2. The van der Waals surface area contributed by atoms with Gasteiger partial charge in [0.15, 0.2) is 0 Å². The zero-order chi connectivity index (χ0) is 12.6. The van der Waals surface area contributed by atoms with Crippen molar-refractivity contribution < 1.29 is 0 Å². The third-order valence-corrected chi connectivity index (χ3v) is 4.38. The van der Waals surface area contributed by atoms with Crippen LogP contribution in [-0.4, -0.2) is 24.0 Å². The van der Waals surface area contributed by atoms with Crippen LogP contribution in [0.2, 0.25) is 10.0 Å². The summed E-state index contributed by atoms with van der Waals surface area (Å²) in [5, 5.41) is 2.25. The highest BCUT2D eigenvalue weighted by molar-refractivity contribution is 14.1. The molecular weight excluding hydrogens is 370 g/mol. The van der Waals surface area contributed by atoms with Crippen LogP contribution in [0.3, 0.4) is 0 Å². The zero-order valence-electron chi connectivity index (χ0n) is 9.47. The number of hydrogen-bond donors (Lipinski definition) is 0. The Hall–Kier alpha value is -0.100. The number of hydrogen-bond acceptors (Lipinski definition) is 2. The molecule has 1 heterocycles. The molecule has 17 heavy (non-hydrogen) atoms. The Kier molecular flexibility index (Phi) is 4.13. The Labute approximate surface area is 124 Å². The van der Waals surface area contributed by atoms with Crippen molar-refractivity contribution in [2.24, 2.45) is 0 Å². The van der Waals surface area contributed by atoms with Crippen molar-refractivity contribution in [3.8, 4) is 0 Å². The quantitative estimate of drug-likeness (QED) is 0.573. The second kappa shape index (κ2) is 5.26. The van der Waals surface area contributed by atoms with Gasteiger partial charge in [-0.2, -0.15) is 0 Å². The summed E-state index contributed by atoms with van der Waals surface area (Å²) in [6.07, 6.45) is 0. The molecule has 0 aliphatic carbocycles. The smallest absolute Gasteiger partial charge is 0.0869 e. The fourth-order valence-corrected chi connectivity index (χ4v) is 2.72. The Morgan fingerprint density at radius 1 is 1.24 bits per heavy atom. The number of rotatable bonds is 2. The highest BCUT2D eigenvalue weighted by Crippen LogP contribution is 2.32. The van der Waals surface area contributed by atoms with Crippen molar-refractivity contribution in [2.45, 2.75) is 6.54 Å². The molecule has 0 saturated heterocycles. The summed E-state index contributed by atoms with van der Waals surface area (Å²) in [6.45, 7) is 0.802. The molecule has 0 radical (unpaired) electrons. The van der Waals surface area contributed by atoms with Gasteiger partial charge in [0.2, 0.25) is 0 Å². The molecule has 0 aliphatic heterocycles. The van der Waals surface area contributed by atoms with Gasteiger partial charge in [0.25, 0.3) is 0 Å². The lowest BCUT2D eigenvalue weighted by Crippen LogP contribution is -2.11. The summed E-state index contributed by atoms with van der Waals surface area (Å²) in [7, 11) is 4.03. The van der Waals surface area contributed by atoms with Crippen LogP contribution in [0.5, 0.6) is 0 Å². The zero-order valence-corrected chi connectivity index (χ0v) is 13.1. The van der Waals surface area contributed by atoms with Crippen LogP contribution in [0, 0.1) is 3.57 Å². The maximum Gasteiger partial charge on any atom is 0.0869 e. The van der Waals surface area contributed by atoms with Crippen LogP contribution in [0.1, 0.15) is 5.69 Å². The van der Waals surface area contributed by atoms with Crippen molar-refractivity contribution >= 4 is 56.7 Å². The Morgan fingerprint density at radius 2 is 1.94 bits per heavy atom. The third kappa shape index (κ3) is 2.84. The summed E-state index contributed by atoms with van der Waals surface area (Å²) in [6, 6.07) is 5.76. The number of aromatic nitrogens is 1. The molecule has 90 valence electrons. The van der Waals surface area contributed by atoms with Gasteiger partial charge in [-0.25, -0.2) is 0 Å². The van der Waals surface area contributed by atoms with Crippen LogP contribution in [0.4, 0.5) is 0 Å². The number of benzene rings is 1. The highest BCUT2D eigenvalue weighted by Gasteiger charge is 2.10. The third-order valence-electron chi connectivity index (χ3n) is 2.36. The molecule has 1 aromatic carbocycles. The number of nitrogens with zero attached hydrogens (tertiary/aromatic N) is 2. The first kappa shape index (κ1) is 13.3. The molecule has 0 amide bonds. The van der Waals surface area contributed by atoms with E-state index in [1.54, 1.807) is 6.07 Å². The minimum absolute atomic E-state index is 0.648. The van der Waals surface area contributed by atoms with Crippen LogP contribution >= 0.6 is 45.8 Å². The summed E-state index contributed by atoms with van der Waals surface area (Å²) >= 11 is 14.5. The molecule has 2 rings (SSSR count). The number of halogens is 3. The number of pyridine rings is 1. The fraction of sp³-hybridized carbons (Fsp3) is 0.250. The van der Waals surface area contributed by atoms with Gasteiger partial charge in [0, 0.05) is 11.9 Å². The van der Waals surface area contributed by atoms with E-state index >= 15 is 0 Å². The van der Waals surface area contributed by atoms with Gasteiger partial charge in [0.1, 0.15) is 0 Å². The van der Waals surface area contributed by atoms with E-state index < -0.39 is 0 Å². The van der Waals surface area contributed by atoms with Gasteiger partial charge < -0.3 is 4.90 Å². The van der Waals surface area contributed by atoms with E-state index in [2.05, 4.69) is 32.5 Å². The van der Waals surface area contributed by atoms with Crippen molar-refractivity contribution in [3.63, 3.8) is 0 Å². The summed E-state index contributed by atoms with van der Waals surface area (Å²) < 4.78 is 0.948. The molecule has 2 aromatic rings. The van der Waals surface area contributed by atoms with Gasteiger partial charge in [-0.1, -0.05) is 23.2 Å². The molecule has 0 fully saturated rings. The minimum atomic E-state index is 0.648. The van der Waals surface area contributed by atoms with E-state index in [1.807, 2.05) is 26.2 Å². The molecule has 0 atom stereocenters. The van der Waals surface area contributed by atoms with E-state index in [1.165, 1.54) is 0 Å². The maximum atomic E-state index is 6.15. The lowest BCUT2D eigenvalue weighted by Gasteiger charge is -2.11. The first-order chi connectivity index (χ1) is 7.99. The van der Waals surface area contributed by atoms with Gasteiger partial charge in [-0.3, -0.25) is 4.98 Å². The summed E-state index contributed by atoms with van der Waals surface area (Å²) in [5.74, 6) is 0. The largest absolute Gasteiger partial charge is 0.304 e. The first-order valence-electron chi connectivity index (χ1n) is 5.07. The second-order valence-electron chi connectivity index (χ2n) is 4.09. The SMILES string of the molecule is CN(C)Cc1ccc2c(Cl)cc(Cl)c(I)c2n1. The van der Waals surface area contributed by atoms with Crippen LogP contribution in [-0.2, 0) is 6.54 Å². The van der Waals surface area contributed by atoms with E-state index in [0.29, 0.717) is 10.0 Å². The van der Waals surface area contributed by atoms with E-state index in [9.17, 15) is 0 Å². The topological polar surface area (TPSA) is 16.1 Å². The predicted molar refractivity (Wildman–Crippen MR) is 81.9 cm³/mol. The van der Waals surface area contributed by atoms with Crippen LogP contribution in [0.15, 0.2) is 18.2 Å². The van der Waals surface area contributed by atoms with Gasteiger partial charge in [-0.05, 0) is 54.9 Å². The lowest BCUT2D eigenvalue weighted by atomic mass is 10.2. The molecule has 0 unspecified atom stereocenters. The standard InChI is InChI=1S/C12H11Cl2IN2/c1-17(2)6-7-3-4-8-9(13)5-10(14)11(15)12(8)16-7/h3-5H,6H2,1-2H3. The maximum absolute atomic E-state index is 6.15. The Balaban J connectivity index is 2.63. The summed E-state index contributed by atoms with van der Waals surface area (Å²) in [5.41, 5.74) is 1.89. The average Bonchev–Trinajstić information content (AvgIpc) is 2.25. The molecule has 0 saturated carbocycles. The molecule has 0 bridgehead atoms. The Bertz CT molecular complexity index is 570. The van der Waals surface area contributed by atoms with Crippen molar-refractivity contribution in [1.82, 2.24) is 9.88 Å². The predicted octanol–water partition coefficient (Wildman–Crippen LogP) is 4.21. The van der Waals surface area contributed by atoms with E-state index in [-0.39, 0.29) is 0 Å². The van der Waals surface area contributed by atoms with Gasteiger partial charge >= 0.3 is 0 Å². The fourth-order valence-electron chi connectivity index (χ4n) is 1.64. The highest BCUT2D eigenvalue weighted by atomic mass is 127. The summed E-state index contributed by atoms with van der Waals surface area (Å²) in [4.78, 5) is 6.70. The monoisotopic (exact) mass is 380 g/mol. The van der Waals surface area contributed by atoms with Crippen LogP contribution < -0.4 is 0 Å². The number of fused-ring (bicyclic) bond motifs is 1.